The van der Waals surface area contributed by atoms with E-state index in [0.29, 0.717) is 5.56 Å². The second-order valence-corrected chi connectivity index (χ2v) is 8.12. The van der Waals surface area contributed by atoms with E-state index in [-0.39, 0.29) is 36.7 Å². The third-order valence-electron chi connectivity index (χ3n) is 4.71. The molecule has 0 aromatic heterocycles. The van der Waals surface area contributed by atoms with E-state index in [1.807, 2.05) is 30.3 Å². The highest BCUT2D eigenvalue weighted by atomic mass is 16.5. The highest BCUT2D eigenvalue weighted by Gasteiger charge is 2.42. The largest absolute Gasteiger partial charge is 0.445 e. The molecule has 0 fully saturated rings. The minimum absolute atomic E-state index is 0.159. The Morgan fingerprint density at radius 3 is 2.23 bits per heavy atom. The molecule has 0 saturated carbocycles. The molecule has 1 aliphatic heterocycles. The lowest BCUT2D eigenvalue weighted by molar-refractivity contribution is 0.0507. The molecule has 8 nitrogen and oxygen atoms in total. The van der Waals surface area contributed by atoms with E-state index >= 15 is 0 Å². The van der Waals surface area contributed by atoms with E-state index in [9.17, 15) is 19.2 Å². The number of imide groups is 1. The van der Waals surface area contributed by atoms with E-state index in [4.69, 9.17) is 4.74 Å². The van der Waals surface area contributed by atoms with Crippen LogP contribution in [0.3, 0.4) is 0 Å². The van der Waals surface area contributed by atoms with Gasteiger partial charge in [0.2, 0.25) is 0 Å². The highest BCUT2D eigenvalue weighted by molar-refractivity contribution is 6.22. The molecule has 0 aliphatic carbocycles. The van der Waals surface area contributed by atoms with Crippen molar-refractivity contribution in [1.82, 2.24) is 15.5 Å². The number of fused-ring (bicyclic) bond motifs is 1. The summed E-state index contributed by atoms with van der Waals surface area (Å²) in [5.74, 6) is -1.18. The van der Waals surface area contributed by atoms with Gasteiger partial charge in [0.25, 0.3) is 17.7 Å². The Morgan fingerprint density at radius 1 is 0.903 bits per heavy atom. The molecular formula is C23H25N3O5. The number of carbonyl (C=O) groups is 4. The molecule has 8 heteroatoms. The van der Waals surface area contributed by atoms with Crippen molar-refractivity contribution in [1.29, 1.82) is 0 Å². The molecule has 1 heterocycles. The second-order valence-electron chi connectivity index (χ2n) is 8.12. The van der Waals surface area contributed by atoms with Crippen molar-refractivity contribution in [3.05, 3.63) is 70.8 Å². The van der Waals surface area contributed by atoms with Crippen LogP contribution in [-0.2, 0) is 11.3 Å². The maximum atomic E-state index is 12.6. The van der Waals surface area contributed by atoms with Crippen LogP contribution in [0.15, 0.2) is 48.5 Å². The van der Waals surface area contributed by atoms with Crippen LogP contribution in [0, 0.1) is 0 Å². The monoisotopic (exact) mass is 423 g/mol. The zero-order valence-corrected chi connectivity index (χ0v) is 17.7. The second kappa shape index (κ2) is 8.99. The smallest absolute Gasteiger partial charge is 0.407 e. The Morgan fingerprint density at radius 2 is 1.55 bits per heavy atom. The van der Waals surface area contributed by atoms with Gasteiger partial charge in [-0.25, -0.2) is 4.79 Å². The third-order valence-corrected chi connectivity index (χ3v) is 4.71. The fourth-order valence-electron chi connectivity index (χ4n) is 3.21. The fraction of sp³-hybridized carbons (Fsp3) is 0.304. The third kappa shape index (κ3) is 5.09. The number of rotatable bonds is 6. The molecular weight excluding hydrogens is 398 g/mol. The molecule has 0 atom stereocenters. The summed E-state index contributed by atoms with van der Waals surface area (Å²) in [7, 11) is 0. The summed E-state index contributed by atoms with van der Waals surface area (Å²) in [6.45, 7) is 5.85. The maximum Gasteiger partial charge on any atom is 0.407 e. The molecule has 0 bridgehead atoms. The van der Waals surface area contributed by atoms with Crippen molar-refractivity contribution in [3.63, 3.8) is 0 Å². The van der Waals surface area contributed by atoms with Crippen molar-refractivity contribution >= 4 is 23.8 Å². The van der Waals surface area contributed by atoms with Crippen molar-refractivity contribution < 1.29 is 23.9 Å². The van der Waals surface area contributed by atoms with Gasteiger partial charge in [-0.3, -0.25) is 19.3 Å². The van der Waals surface area contributed by atoms with E-state index in [1.54, 1.807) is 20.8 Å². The maximum absolute atomic E-state index is 12.6. The Labute approximate surface area is 180 Å². The first-order valence-corrected chi connectivity index (χ1v) is 9.94. The Kier molecular flexibility index (Phi) is 6.39. The highest BCUT2D eigenvalue weighted by Crippen LogP contribution is 2.29. The number of hydrogen-bond donors (Lipinski definition) is 2. The standard InChI is InChI=1S/C23H25N3O5/c1-23(2,3)26-20(28)17-10-9-16(13-18(17)21(26)29)19(27)24-11-12-25-22(30)31-14-15-7-5-4-6-8-15/h4-10,13H,11-12,14H2,1-3H3,(H,24,27)(H,25,30). The molecule has 1 aliphatic rings. The van der Waals surface area contributed by atoms with Crippen molar-refractivity contribution in [2.45, 2.75) is 32.9 Å². The molecule has 31 heavy (non-hydrogen) atoms. The predicted molar refractivity (Wildman–Crippen MR) is 114 cm³/mol. The van der Waals surface area contributed by atoms with Gasteiger partial charge in [-0.2, -0.15) is 0 Å². The first kappa shape index (κ1) is 22.0. The van der Waals surface area contributed by atoms with Crippen molar-refractivity contribution in [3.8, 4) is 0 Å². The summed E-state index contributed by atoms with van der Waals surface area (Å²) in [6.07, 6.45) is -0.581. The number of hydrogen-bond acceptors (Lipinski definition) is 5. The summed E-state index contributed by atoms with van der Waals surface area (Å²) in [4.78, 5) is 50.5. The lowest BCUT2D eigenvalue weighted by atomic mass is 10.1. The SMILES string of the molecule is CC(C)(C)N1C(=O)c2ccc(C(=O)NCCNC(=O)OCc3ccccc3)cc2C1=O. The van der Waals surface area contributed by atoms with E-state index < -0.39 is 23.4 Å². The van der Waals surface area contributed by atoms with Crippen LogP contribution >= 0.6 is 0 Å². The zero-order valence-electron chi connectivity index (χ0n) is 17.7. The van der Waals surface area contributed by atoms with Gasteiger partial charge in [-0.1, -0.05) is 30.3 Å². The predicted octanol–water partition coefficient (Wildman–Crippen LogP) is 2.74. The number of nitrogens with zero attached hydrogens (tertiary/aromatic N) is 1. The molecule has 2 N–H and O–H groups in total. The number of benzene rings is 2. The summed E-state index contributed by atoms with van der Waals surface area (Å²) in [5, 5.41) is 5.22. The van der Waals surface area contributed by atoms with Gasteiger partial charge < -0.3 is 15.4 Å². The van der Waals surface area contributed by atoms with Crippen molar-refractivity contribution in [2.75, 3.05) is 13.1 Å². The Hall–Kier alpha value is -3.68. The molecule has 3 rings (SSSR count). The molecule has 0 radical (unpaired) electrons. The van der Waals surface area contributed by atoms with Crippen LogP contribution in [0.4, 0.5) is 4.79 Å². The van der Waals surface area contributed by atoms with Gasteiger partial charge in [-0.05, 0) is 44.5 Å². The van der Waals surface area contributed by atoms with E-state index in [0.717, 1.165) is 5.56 Å². The average Bonchev–Trinajstić information content (AvgIpc) is 3.00. The average molecular weight is 423 g/mol. The number of alkyl carbamates (subject to hydrolysis) is 1. The van der Waals surface area contributed by atoms with Gasteiger partial charge in [0.05, 0.1) is 11.1 Å². The van der Waals surface area contributed by atoms with Gasteiger partial charge >= 0.3 is 6.09 Å². The van der Waals surface area contributed by atoms with Gasteiger partial charge in [0.1, 0.15) is 6.61 Å². The fourth-order valence-corrected chi connectivity index (χ4v) is 3.21. The molecule has 2 aromatic carbocycles. The topological polar surface area (TPSA) is 105 Å². The Bertz CT molecular complexity index is 1010. The van der Waals surface area contributed by atoms with Gasteiger partial charge in [0, 0.05) is 24.2 Å². The van der Waals surface area contributed by atoms with Crippen LogP contribution in [-0.4, -0.2) is 47.3 Å². The summed E-state index contributed by atoms with van der Waals surface area (Å²) in [5.41, 5.74) is 0.994. The van der Waals surface area contributed by atoms with Crippen LogP contribution in [0.5, 0.6) is 0 Å². The summed E-state index contributed by atoms with van der Waals surface area (Å²) in [6, 6.07) is 13.7. The molecule has 2 aromatic rings. The van der Waals surface area contributed by atoms with Crippen LogP contribution in [0.2, 0.25) is 0 Å². The lowest BCUT2D eigenvalue weighted by Gasteiger charge is -2.29. The number of carbonyl (C=O) groups excluding carboxylic acids is 4. The number of amides is 4. The van der Waals surface area contributed by atoms with Crippen LogP contribution < -0.4 is 10.6 Å². The van der Waals surface area contributed by atoms with Gasteiger partial charge in [-0.15, -0.1) is 0 Å². The molecule has 0 unspecified atom stereocenters. The van der Waals surface area contributed by atoms with Gasteiger partial charge in [0.15, 0.2) is 0 Å². The first-order chi connectivity index (χ1) is 14.7. The lowest BCUT2D eigenvalue weighted by Crippen LogP contribution is -2.45. The van der Waals surface area contributed by atoms with E-state index in [2.05, 4.69) is 10.6 Å². The quantitative estimate of drug-likeness (QED) is 0.549. The zero-order chi connectivity index (χ0) is 22.6. The molecule has 4 amide bonds. The minimum Gasteiger partial charge on any atom is -0.445 e. The first-order valence-electron chi connectivity index (χ1n) is 9.94. The van der Waals surface area contributed by atoms with Crippen LogP contribution in [0.1, 0.15) is 57.4 Å². The number of ether oxygens (including phenoxy) is 1. The Balaban J connectivity index is 1.49. The molecule has 0 saturated heterocycles. The molecule has 0 spiro atoms. The molecule has 162 valence electrons. The van der Waals surface area contributed by atoms with E-state index in [1.165, 1.54) is 23.1 Å². The normalized spacial score (nSPS) is 13.1. The summed E-state index contributed by atoms with van der Waals surface area (Å²) >= 11 is 0. The van der Waals surface area contributed by atoms with Crippen LogP contribution in [0.25, 0.3) is 0 Å². The minimum atomic E-state index is -0.656. The number of nitrogens with one attached hydrogen (secondary N) is 2. The van der Waals surface area contributed by atoms with Crippen molar-refractivity contribution in [2.24, 2.45) is 0 Å². The summed E-state index contributed by atoms with van der Waals surface area (Å²) < 4.78 is 5.09.